The number of hydrogen-bond donors (Lipinski definition) is 0. The van der Waals surface area contributed by atoms with Gasteiger partial charge in [0, 0.05) is 5.92 Å². The Kier molecular flexibility index (Phi) is 2.38. The van der Waals surface area contributed by atoms with E-state index >= 15 is 0 Å². The van der Waals surface area contributed by atoms with E-state index in [0.717, 1.165) is 24.8 Å². The monoisotopic (exact) mass is 180 g/mol. The third-order valence-electron chi connectivity index (χ3n) is 2.64. The molecular formula is C9H12N2O2. The van der Waals surface area contributed by atoms with Gasteiger partial charge in [-0.3, -0.25) is 4.79 Å². The molecule has 0 saturated heterocycles. The summed E-state index contributed by atoms with van der Waals surface area (Å²) in [7, 11) is 0. The first-order valence-corrected chi connectivity index (χ1v) is 4.69. The standard InChI is InChI=1S/C9H12N2O2/c12-6-8-9(11-13-10-8)7-4-2-1-3-5-7/h6-7H,1-5H2. The summed E-state index contributed by atoms with van der Waals surface area (Å²) < 4.78 is 4.56. The lowest BCUT2D eigenvalue weighted by molar-refractivity contribution is 0.111. The summed E-state index contributed by atoms with van der Waals surface area (Å²) in [6.07, 6.45) is 6.66. The molecule has 70 valence electrons. The highest BCUT2D eigenvalue weighted by Gasteiger charge is 2.22. The topological polar surface area (TPSA) is 56.0 Å². The zero-order valence-corrected chi connectivity index (χ0v) is 7.40. The number of carbonyl (C=O) groups excluding carboxylic acids is 1. The maximum Gasteiger partial charge on any atom is 0.173 e. The molecule has 1 aromatic heterocycles. The molecule has 2 rings (SSSR count). The molecule has 4 nitrogen and oxygen atoms in total. The first-order valence-electron chi connectivity index (χ1n) is 4.69. The minimum atomic E-state index is 0.381. The zero-order valence-electron chi connectivity index (χ0n) is 7.40. The van der Waals surface area contributed by atoms with Gasteiger partial charge in [-0.25, -0.2) is 4.63 Å². The molecule has 1 heterocycles. The SMILES string of the molecule is O=Cc1nonc1C1CCCCC1. The first kappa shape index (κ1) is 8.41. The van der Waals surface area contributed by atoms with Crippen LogP contribution in [0.15, 0.2) is 4.63 Å². The molecule has 1 aliphatic rings. The second-order valence-electron chi connectivity index (χ2n) is 3.49. The van der Waals surface area contributed by atoms with Crippen LogP contribution in [0.3, 0.4) is 0 Å². The van der Waals surface area contributed by atoms with Crippen LogP contribution in [0.5, 0.6) is 0 Å². The van der Waals surface area contributed by atoms with Gasteiger partial charge in [0.2, 0.25) is 0 Å². The van der Waals surface area contributed by atoms with Crippen LogP contribution in [0.2, 0.25) is 0 Å². The Balaban J connectivity index is 2.17. The minimum Gasteiger partial charge on any atom is -0.296 e. The Labute approximate surface area is 76.3 Å². The number of rotatable bonds is 2. The van der Waals surface area contributed by atoms with Gasteiger partial charge in [-0.2, -0.15) is 0 Å². The first-order chi connectivity index (χ1) is 6.42. The molecule has 0 N–H and O–H groups in total. The quantitative estimate of drug-likeness (QED) is 0.652. The van der Waals surface area contributed by atoms with Crippen LogP contribution in [0, 0.1) is 0 Å². The summed E-state index contributed by atoms with van der Waals surface area (Å²) in [5.74, 6) is 0.389. The molecule has 0 spiro atoms. The number of hydrogen-bond acceptors (Lipinski definition) is 4. The van der Waals surface area contributed by atoms with Gasteiger partial charge in [0.1, 0.15) is 5.69 Å². The average molecular weight is 180 g/mol. The smallest absolute Gasteiger partial charge is 0.173 e. The van der Waals surface area contributed by atoms with Crippen molar-refractivity contribution in [2.75, 3.05) is 0 Å². The van der Waals surface area contributed by atoms with E-state index in [4.69, 9.17) is 0 Å². The van der Waals surface area contributed by atoms with Crippen molar-refractivity contribution in [1.82, 2.24) is 10.3 Å². The van der Waals surface area contributed by atoms with Crippen molar-refractivity contribution in [2.45, 2.75) is 38.0 Å². The van der Waals surface area contributed by atoms with Crippen molar-refractivity contribution in [3.05, 3.63) is 11.4 Å². The molecule has 0 aromatic carbocycles. The normalized spacial score (nSPS) is 18.8. The summed E-state index contributed by atoms with van der Waals surface area (Å²) >= 11 is 0. The molecule has 1 fully saturated rings. The fraction of sp³-hybridized carbons (Fsp3) is 0.667. The van der Waals surface area contributed by atoms with Gasteiger partial charge < -0.3 is 0 Å². The highest BCUT2D eigenvalue weighted by molar-refractivity contribution is 5.73. The van der Waals surface area contributed by atoms with Crippen LogP contribution in [0.25, 0.3) is 0 Å². The van der Waals surface area contributed by atoms with E-state index in [-0.39, 0.29) is 0 Å². The van der Waals surface area contributed by atoms with E-state index in [1.165, 1.54) is 19.3 Å². The maximum absolute atomic E-state index is 10.6. The van der Waals surface area contributed by atoms with E-state index in [0.29, 0.717) is 11.6 Å². The fourth-order valence-electron chi connectivity index (χ4n) is 1.94. The summed E-state index contributed by atoms with van der Waals surface area (Å²) in [4.78, 5) is 10.6. The number of nitrogens with zero attached hydrogens (tertiary/aromatic N) is 2. The van der Waals surface area contributed by atoms with Gasteiger partial charge in [-0.05, 0) is 18.0 Å². The fourth-order valence-corrected chi connectivity index (χ4v) is 1.94. The Morgan fingerprint density at radius 3 is 2.69 bits per heavy atom. The molecular weight excluding hydrogens is 168 g/mol. The van der Waals surface area contributed by atoms with Crippen molar-refractivity contribution in [3.63, 3.8) is 0 Å². The molecule has 13 heavy (non-hydrogen) atoms. The molecule has 1 aromatic rings. The molecule has 0 atom stereocenters. The minimum absolute atomic E-state index is 0.381. The highest BCUT2D eigenvalue weighted by Crippen LogP contribution is 2.32. The third kappa shape index (κ3) is 1.61. The average Bonchev–Trinajstić information content (AvgIpc) is 2.67. The molecule has 0 bridgehead atoms. The van der Waals surface area contributed by atoms with E-state index in [2.05, 4.69) is 14.9 Å². The molecule has 1 aliphatic carbocycles. The summed E-state index contributed by atoms with van der Waals surface area (Å²) in [6.45, 7) is 0. The number of aromatic nitrogens is 2. The Morgan fingerprint density at radius 1 is 1.23 bits per heavy atom. The summed E-state index contributed by atoms with van der Waals surface area (Å²) in [5, 5.41) is 7.35. The van der Waals surface area contributed by atoms with Crippen LogP contribution in [0.1, 0.15) is 54.2 Å². The second-order valence-corrected chi connectivity index (χ2v) is 3.49. The third-order valence-corrected chi connectivity index (χ3v) is 2.64. The van der Waals surface area contributed by atoms with Crippen molar-refractivity contribution >= 4 is 6.29 Å². The second kappa shape index (κ2) is 3.68. The lowest BCUT2D eigenvalue weighted by atomic mass is 9.86. The predicted molar refractivity (Wildman–Crippen MR) is 45.5 cm³/mol. The molecule has 0 radical (unpaired) electrons. The Morgan fingerprint density at radius 2 is 2.00 bits per heavy atom. The lowest BCUT2D eigenvalue weighted by Crippen LogP contribution is -2.07. The number of aldehydes is 1. The summed E-state index contributed by atoms with van der Waals surface area (Å²) in [6, 6.07) is 0. The van der Waals surface area contributed by atoms with E-state index in [1.54, 1.807) is 0 Å². The highest BCUT2D eigenvalue weighted by atomic mass is 16.6. The molecule has 1 saturated carbocycles. The van der Waals surface area contributed by atoms with Crippen molar-refractivity contribution in [3.8, 4) is 0 Å². The van der Waals surface area contributed by atoms with Crippen LogP contribution < -0.4 is 0 Å². The van der Waals surface area contributed by atoms with Gasteiger partial charge >= 0.3 is 0 Å². The van der Waals surface area contributed by atoms with E-state index in [9.17, 15) is 4.79 Å². The summed E-state index contributed by atoms with van der Waals surface area (Å²) in [5.41, 5.74) is 1.14. The Hall–Kier alpha value is -1.19. The molecule has 0 unspecified atom stereocenters. The van der Waals surface area contributed by atoms with Crippen molar-refractivity contribution in [2.24, 2.45) is 0 Å². The molecule has 4 heteroatoms. The van der Waals surface area contributed by atoms with Crippen LogP contribution in [0.4, 0.5) is 0 Å². The predicted octanol–water partition coefficient (Wildman–Crippen LogP) is 1.93. The van der Waals surface area contributed by atoms with Crippen LogP contribution >= 0.6 is 0 Å². The van der Waals surface area contributed by atoms with E-state index in [1.807, 2.05) is 0 Å². The zero-order chi connectivity index (χ0) is 9.10. The van der Waals surface area contributed by atoms with E-state index < -0.39 is 0 Å². The van der Waals surface area contributed by atoms with Crippen molar-refractivity contribution < 1.29 is 9.42 Å². The van der Waals surface area contributed by atoms with Gasteiger partial charge in [0.05, 0.1) is 0 Å². The van der Waals surface area contributed by atoms with Crippen molar-refractivity contribution in [1.29, 1.82) is 0 Å². The van der Waals surface area contributed by atoms with Crippen LogP contribution in [-0.4, -0.2) is 16.6 Å². The number of carbonyl (C=O) groups is 1. The molecule has 0 amide bonds. The van der Waals surface area contributed by atoms with Gasteiger partial charge in [0.15, 0.2) is 12.0 Å². The van der Waals surface area contributed by atoms with Gasteiger partial charge in [0.25, 0.3) is 0 Å². The Bertz CT molecular complexity index is 290. The lowest BCUT2D eigenvalue weighted by Gasteiger charge is -2.18. The van der Waals surface area contributed by atoms with Crippen LogP contribution in [-0.2, 0) is 0 Å². The largest absolute Gasteiger partial charge is 0.296 e. The maximum atomic E-state index is 10.6. The molecule has 0 aliphatic heterocycles. The van der Waals surface area contributed by atoms with Gasteiger partial charge in [-0.1, -0.05) is 24.4 Å². The van der Waals surface area contributed by atoms with Gasteiger partial charge in [-0.15, -0.1) is 0 Å².